The topological polar surface area (TPSA) is 17.1 Å². The molecule has 0 aliphatic rings. The minimum absolute atomic E-state index is 0.0397. The summed E-state index contributed by atoms with van der Waals surface area (Å²) >= 11 is 0. The van der Waals surface area contributed by atoms with Crippen molar-refractivity contribution in [2.75, 3.05) is 0 Å². The maximum atomic E-state index is 13.2. The average Bonchev–Trinajstić information content (AvgIpc) is 2.44. The smallest absolute Gasteiger partial charge is 0.289 e. The number of hydrogen-bond acceptors (Lipinski definition) is 1. The fourth-order valence-corrected chi connectivity index (χ4v) is 2.69. The molecule has 0 radical (unpaired) electrons. The van der Waals surface area contributed by atoms with Gasteiger partial charge in [0.2, 0.25) is 0 Å². The first kappa shape index (κ1) is 17.5. The zero-order valence-electron chi connectivity index (χ0n) is 11.3. The van der Waals surface area contributed by atoms with Crippen LogP contribution in [0, 0.1) is 0 Å². The van der Waals surface area contributed by atoms with Crippen molar-refractivity contribution in [1.29, 1.82) is 0 Å². The molecule has 2 rings (SSSR count). The van der Waals surface area contributed by atoms with Gasteiger partial charge in [-0.2, -0.15) is 26.3 Å². The lowest BCUT2D eigenvalue weighted by Crippen LogP contribution is -2.26. The highest BCUT2D eigenvalue weighted by Gasteiger charge is 2.42. The van der Waals surface area contributed by atoms with Gasteiger partial charge in [-0.15, -0.1) is 9.24 Å². The third-order valence-corrected chi connectivity index (χ3v) is 3.71. The first-order valence-corrected chi connectivity index (χ1v) is 6.78. The lowest BCUT2D eigenvalue weighted by molar-refractivity contribution is -0.141. The van der Waals surface area contributed by atoms with Crippen LogP contribution >= 0.6 is 9.24 Å². The summed E-state index contributed by atoms with van der Waals surface area (Å²) in [5.41, 5.74) is -3.89. The molecule has 1 atom stereocenters. The second kappa shape index (κ2) is 5.96. The van der Waals surface area contributed by atoms with Gasteiger partial charge >= 0.3 is 12.4 Å². The van der Waals surface area contributed by atoms with E-state index < -0.39 is 40.1 Å². The van der Waals surface area contributed by atoms with Crippen molar-refractivity contribution in [2.45, 2.75) is 12.4 Å². The molecule has 0 amide bonds. The Morgan fingerprint density at radius 2 is 1.39 bits per heavy atom. The highest BCUT2D eigenvalue weighted by molar-refractivity contribution is 7.27. The van der Waals surface area contributed by atoms with Crippen LogP contribution in [0.2, 0.25) is 0 Å². The van der Waals surface area contributed by atoms with Gasteiger partial charge in [0, 0.05) is 11.1 Å². The second-order valence-electron chi connectivity index (χ2n) is 4.64. The molecule has 0 fully saturated rings. The van der Waals surface area contributed by atoms with E-state index in [9.17, 15) is 31.1 Å². The lowest BCUT2D eigenvalue weighted by Gasteiger charge is -2.19. The molecule has 2 aromatic carbocycles. The summed E-state index contributed by atoms with van der Waals surface area (Å²) in [5, 5.41) is -1.09. The van der Waals surface area contributed by atoms with Crippen molar-refractivity contribution in [3.05, 3.63) is 64.7 Å². The number of rotatable bonds is 2. The number of carbonyl (C=O) groups excluding carboxylic acids is 1. The predicted octanol–water partition coefficient (Wildman–Crippen LogP) is 4.46. The van der Waals surface area contributed by atoms with Crippen molar-refractivity contribution in [3.63, 3.8) is 0 Å². The van der Waals surface area contributed by atoms with Crippen molar-refractivity contribution in [1.82, 2.24) is 0 Å². The van der Waals surface area contributed by atoms with E-state index in [2.05, 4.69) is 0 Å². The summed E-state index contributed by atoms with van der Waals surface area (Å²) < 4.78 is 78.1. The van der Waals surface area contributed by atoms with Crippen molar-refractivity contribution >= 4 is 20.3 Å². The third kappa shape index (κ3) is 3.55. The number of benzene rings is 2. The van der Waals surface area contributed by atoms with Crippen LogP contribution in [-0.2, 0) is 12.4 Å². The Bertz CT molecular complexity index is 734. The van der Waals surface area contributed by atoms with Gasteiger partial charge in [-0.3, -0.25) is 4.79 Å². The quantitative estimate of drug-likeness (QED) is 0.444. The van der Waals surface area contributed by atoms with E-state index in [1.165, 1.54) is 33.5 Å². The van der Waals surface area contributed by atoms with Gasteiger partial charge in [-0.25, -0.2) is 0 Å². The van der Waals surface area contributed by atoms with E-state index in [1.807, 2.05) is 0 Å². The number of halogens is 6. The minimum atomic E-state index is -5.10. The Morgan fingerprint density at radius 3 is 1.87 bits per heavy atom. The molecule has 0 heterocycles. The van der Waals surface area contributed by atoms with Crippen LogP contribution in [0.1, 0.15) is 27.0 Å². The lowest BCUT2D eigenvalue weighted by atomic mass is 9.95. The molecule has 0 aliphatic carbocycles. The number of hydrogen-bond donors (Lipinski definition) is 0. The molecule has 1 unspecified atom stereocenters. The molecule has 0 saturated heterocycles. The zero-order chi connectivity index (χ0) is 17.4. The molecule has 0 spiro atoms. The molecule has 0 aromatic heterocycles. The number of ketones is 1. The van der Waals surface area contributed by atoms with Crippen LogP contribution < -0.4 is 5.30 Å². The van der Waals surface area contributed by atoms with Crippen LogP contribution in [0.4, 0.5) is 26.3 Å². The minimum Gasteiger partial charge on any atom is -0.289 e. The Balaban J connectivity index is 2.71. The summed E-state index contributed by atoms with van der Waals surface area (Å²) in [5.74, 6) is -0.990. The normalized spacial score (nSPS) is 12.3. The number of carbonyl (C=O) groups is 1. The van der Waals surface area contributed by atoms with E-state index in [0.717, 1.165) is 0 Å². The predicted molar refractivity (Wildman–Crippen MR) is 75.7 cm³/mol. The molecule has 8 heteroatoms. The fourth-order valence-electron chi connectivity index (χ4n) is 2.11. The van der Waals surface area contributed by atoms with Crippen molar-refractivity contribution < 1.29 is 31.1 Å². The summed E-state index contributed by atoms with van der Waals surface area (Å²) in [4.78, 5) is 12.2. The molecule has 122 valence electrons. The summed E-state index contributed by atoms with van der Waals surface area (Å²) in [6.45, 7) is 0. The van der Waals surface area contributed by atoms with Gasteiger partial charge in [0.15, 0.2) is 5.78 Å². The summed E-state index contributed by atoms with van der Waals surface area (Å²) in [7, 11) is 1.44. The van der Waals surface area contributed by atoms with Crippen LogP contribution in [-0.4, -0.2) is 5.78 Å². The summed E-state index contributed by atoms with van der Waals surface area (Å²) in [6, 6.07) is 8.10. The van der Waals surface area contributed by atoms with Gasteiger partial charge in [0.25, 0.3) is 0 Å². The summed E-state index contributed by atoms with van der Waals surface area (Å²) in [6.07, 6.45) is -10.1. The molecule has 1 nitrogen and oxygen atoms in total. The Labute approximate surface area is 129 Å². The van der Waals surface area contributed by atoms with Crippen molar-refractivity contribution in [2.24, 2.45) is 0 Å². The highest BCUT2D eigenvalue weighted by Crippen LogP contribution is 2.37. The average molecular weight is 350 g/mol. The van der Waals surface area contributed by atoms with E-state index in [4.69, 9.17) is 0 Å². The molecular weight excluding hydrogens is 341 g/mol. The van der Waals surface area contributed by atoms with E-state index in [-0.39, 0.29) is 5.56 Å². The van der Waals surface area contributed by atoms with Gasteiger partial charge < -0.3 is 0 Å². The monoisotopic (exact) mass is 350 g/mol. The molecule has 0 bridgehead atoms. The first-order valence-electron chi connectivity index (χ1n) is 6.20. The Hall–Kier alpha value is -1.88. The van der Waals surface area contributed by atoms with E-state index in [0.29, 0.717) is 12.1 Å². The maximum Gasteiger partial charge on any atom is 0.417 e. The zero-order valence-corrected chi connectivity index (χ0v) is 12.4. The Morgan fingerprint density at radius 1 is 0.826 bits per heavy atom. The van der Waals surface area contributed by atoms with Crippen LogP contribution in [0.3, 0.4) is 0 Å². The van der Waals surface area contributed by atoms with E-state index >= 15 is 0 Å². The molecule has 2 aromatic rings. The second-order valence-corrected chi connectivity index (χ2v) is 5.22. The molecular formula is C15H9F6OP. The number of alkyl halides is 6. The van der Waals surface area contributed by atoms with Gasteiger partial charge in [0.05, 0.1) is 11.1 Å². The first-order chi connectivity index (χ1) is 10.5. The molecule has 23 heavy (non-hydrogen) atoms. The Kier molecular flexibility index (Phi) is 4.53. The maximum absolute atomic E-state index is 13.2. The standard InChI is InChI=1S/C15H9F6OP/c16-14(17,18)10-7-6-9(11(13(10)23)15(19,20)21)12(22)8-4-2-1-3-5-8/h1-7H,23H2. The van der Waals surface area contributed by atoms with Crippen LogP contribution in [0.5, 0.6) is 0 Å². The molecule has 0 saturated carbocycles. The van der Waals surface area contributed by atoms with E-state index in [1.54, 1.807) is 6.07 Å². The van der Waals surface area contributed by atoms with Gasteiger partial charge in [-0.1, -0.05) is 30.3 Å². The fraction of sp³-hybridized carbons (Fsp3) is 0.133. The van der Waals surface area contributed by atoms with Crippen molar-refractivity contribution in [3.8, 4) is 0 Å². The third-order valence-electron chi connectivity index (χ3n) is 3.11. The van der Waals surface area contributed by atoms with Gasteiger partial charge in [-0.05, 0) is 17.4 Å². The SMILES string of the molecule is O=C(c1ccccc1)c1ccc(C(F)(F)F)c(P)c1C(F)(F)F. The molecule has 0 aliphatic heterocycles. The van der Waals surface area contributed by atoms with Crippen LogP contribution in [0.25, 0.3) is 0 Å². The van der Waals surface area contributed by atoms with Gasteiger partial charge in [0.1, 0.15) is 0 Å². The largest absolute Gasteiger partial charge is 0.417 e. The highest BCUT2D eigenvalue weighted by atomic mass is 31.0. The van der Waals surface area contributed by atoms with Crippen LogP contribution in [0.15, 0.2) is 42.5 Å². The molecule has 0 N–H and O–H groups in total.